The Morgan fingerprint density at radius 2 is 1.94 bits per heavy atom. The monoisotopic (exact) mass is 495 g/mol. The van der Waals surface area contributed by atoms with Gasteiger partial charge in [-0.2, -0.15) is 0 Å². The molecular weight excluding hydrogens is 469 g/mol. The minimum Gasteiger partial charge on any atom is -0.369 e. The SMILES string of the molecule is CC(=O)Nc1cc(Nc2ncc(Cl)c(-c3c[nH]c4ccccc34)n2)cc(F)c1N(C)CCN(C)C. The molecule has 0 saturated carbocycles. The van der Waals surface area contributed by atoms with Gasteiger partial charge >= 0.3 is 0 Å². The minimum atomic E-state index is -0.481. The Balaban J connectivity index is 1.68. The van der Waals surface area contributed by atoms with E-state index in [1.807, 2.05) is 49.5 Å². The van der Waals surface area contributed by atoms with E-state index in [1.165, 1.54) is 19.2 Å². The maximum atomic E-state index is 15.3. The van der Waals surface area contributed by atoms with Crippen LogP contribution in [0.15, 0.2) is 48.8 Å². The number of fused-ring (bicyclic) bond motifs is 1. The molecule has 8 nitrogen and oxygen atoms in total. The maximum absolute atomic E-state index is 15.3. The van der Waals surface area contributed by atoms with Crippen LogP contribution in [0.3, 0.4) is 0 Å². The third kappa shape index (κ3) is 5.52. The molecule has 182 valence electrons. The summed E-state index contributed by atoms with van der Waals surface area (Å²) in [5.74, 6) is -0.532. The first-order valence-corrected chi connectivity index (χ1v) is 11.4. The molecule has 0 aliphatic rings. The zero-order valence-electron chi connectivity index (χ0n) is 20.0. The van der Waals surface area contributed by atoms with Gasteiger partial charge < -0.3 is 25.4 Å². The number of carbonyl (C=O) groups is 1. The number of nitrogens with zero attached hydrogens (tertiary/aromatic N) is 4. The van der Waals surface area contributed by atoms with Gasteiger partial charge in [-0.25, -0.2) is 14.4 Å². The summed E-state index contributed by atoms with van der Waals surface area (Å²) in [5.41, 5.74) is 3.39. The molecule has 1 amide bonds. The van der Waals surface area contributed by atoms with Gasteiger partial charge in [0, 0.05) is 55.4 Å². The van der Waals surface area contributed by atoms with E-state index in [4.69, 9.17) is 11.6 Å². The fraction of sp³-hybridized carbons (Fsp3) is 0.240. The zero-order valence-corrected chi connectivity index (χ0v) is 20.7. The third-order valence-electron chi connectivity index (χ3n) is 5.48. The van der Waals surface area contributed by atoms with E-state index < -0.39 is 5.82 Å². The van der Waals surface area contributed by atoms with E-state index >= 15 is 4.39 Å². The largest absolute Gasteiger partial charge is 0.369 e. The smallest absolute Gasteiger partial charge is 0.227 e. The summed E-state index contributed by atoms with van der Waals surface area (Å²) < 4.78 is 15.3. The van der Waals surface area contributed by atoms with Crippen molar-refractivity contribution in [2.75, 3.05) is 49.8 Å². The number of H-pyrrole nitrogens is 1. The molecule has 0 radical (unpaired) electrons. The fourth-order valence-corrected chi connectivity index (χ4v) is 4.01. The third-order valence-corrected chi connectivity index (χ3v) is 5.76. The lowest BCUT2D eigenvalue weighted by Crippen LogP contribution is -2.30. The second-order valence-electron chi connectivity index (χ2n) is 8.52. The number of benzene rings is 2. The molecule has 10 heteroatoms. The predicted octanol–water partition coefficient (Wildman–Crippen LogP) is 5.12. The van der Waals surface area contributed by atoms with Crippen molar-refractivity contribution in [2.45, 2.75) is 6.92 Å². The normalized spacial score (nSPS) is 11.2. The van der Waals surface area contributed by atoms with Crippen molar-refractivity contribution >= 4 is 51.4 Å². The number of nitrogens with one attached hydrogen (secondary N) is 3. The van der Waals surface area contributed by atoms with Crippen molar-refractivity contribution in [2.24, 2.45) is 0 Å². The van der Waals surface area contributed by atoms with Gasteiger partial charge in [0.25, 0.3) is 0 Å². The molecule has 4 aromatic rings. The Bertz CT molecular complexity index is 1370. The van der Waals surface area contributed by atoms with Crippen LogP contribution in [0.5, 0.6) is 0 Å². The summed E-state index contributed by atoms with van der Waals surface area (Å²) in [4.78, 5) is 27.7. The van der Waals surface area contributed by atoms with Crippen molar-refractivity contribution < 1.29 is 9.18 Å². The number of rotatable bonds is 8. The van der Waals surface area contributed by atoms with Crippen molar-refractivity contribution in [3.05, 3.63) is 59.6 Å². The average molecular weight is 496 g/mol. The number of para-hydroxylation sites is 1. The second-order valence-corrected chi connectivity index (χ2v) is 8.93. The summed E-state index contributed by atoms with van der Waals surface area (Å²) in [6.07, 6.45) is 3.35. The molecule has 35 heavy (non-hydrogen) atoms. The highest BCUT2D eigenvalue weighted by Gasteiger charge is 2.18. The van der Waals surface area contributed by atoms with Crippen molar-refractivity contribution in [3.8, 4) is 11.3 Å². The van der Waals surface area contributed by atoms with Crippen LogP contribution in [0.25, 0.3) is 22.2 Å². The Morgan fingerprint density at radius 1 is 1.17 bits per heavy atom. The lowest BCUT2D eigenvalue weighted by molar-refractivity contribution is -0.114. The highest BCUT2D eigenvalue weighted by atomic mass is 35.5. The van der Waals surface area contributed by atoms with Gasteiger partial charge in [0.05, 0.1) is 28.3 Å². The Morgan fingerprint density at radius 3 is 2.69 bits per heavy atom. The molecule has 2 aromatic heterocycles. The van der Waals surface area contributed by atoms with Gasteiger partial charge in [-0.1, -0.05) is 29.8 Å². The number of carbonyl (C=O) groups excluding carboxylic acids is 1. The zero-order chi connectivity index (χ0) is 25.1. The Kier molecular flexibility index (Phi) is 7.18. The number of aromatic amines is 1. The maximum Gasteiger partial charge on any atom is 0.227 e. The first kappa shape index (κ1) is 24.4. The topological polar surface area (TPSA) is 89.2 Å². The number of hydrogen-bond donors (Lipinski definition) is 3. The molecule has 3 N–H and O–H groups in total. The Hall–Kier alpha value is -3.69. The lowest BCUT2D eigenvalue weighted by atomic mass is 10.1. The number of halogens is 2. The second kappa shape index (κ2) is 10.3. The van der Waals surface area contributed by atoms with Gasteiger partial charge in [0.2, 0.25) is 11.9 Å². The highest BCUT2D eigenvalue weighted by molar-refractivity contribution is 6.33. The molecular formula is C25H27ClFN7O. The number of likely N-dealkylation sites (N-methyl/N-ethyl adjacent to an activating group) is 2. The minimum absolute atomic E-state index is 0.247. The number of amides is 1. The average Bonchev–Trinajstić information content (AvgIpc) is 3.22. The summed E-state index contributed by atoms with van der Waals surface area (Å²) in [7, 11) is 5.68. The Labute approximate surface area is 208 Å². The van der Waals surface area contributed by atoms with E-state index in [2.05, 4.69) is 25.6 Å². The van der Waals surface area contributed by atoms with Crippen LogP contribution in [-0.2, 0) is 4.79 Å². The van der Waals surface area contributed by atoms with Gasteiger partial charge in [0.15, 0.2) is 5.82 Å². The van der Waals surface area contributed by atoms with Crippen LogP contribution in [0.1, 0.15) is 6.92 Å². The molecule has 2 heterocycles. The van der Waals surface area contributed by atoms with Gasteiger partial charge in [0.1, 0.15) is 0 Å². The van der Waals surface area contributed by atoms with Crippen LogP contribution < -0.4 is 15.5 Å². The molecule has 0 fully saturated rings. The summed E-state index contributed by atoms with van der Waals surface area (Å²) in [6.45, 7) is 2.69. The standard InChI is InChI=1S/C25H27ClFN7O/c1-15(35)30-22-12-16(11-20(27)24(22)34(4)10-9-33(2)3)31-25-29-14-19(26)23(32-25)18-13-28-21-8-6-5-7-17(18)21/h5-8,11-14,28H,9-10H2,1-4H3,(H,30,35)(H,29,31,32). The fourth-order valence-electron chi connectivity index (χ4n) is 3.82. The molecule has 0 bridgehead atoms. The van der Waals surface area contributed by atoms with Crippen molar-refractivity contribution in [1.82, 2.24) is 19.9 Å². The number of hydrogen-bond acceptors (Lipinski definition) is 6. The molecule has 0 unspecified atom stereocenters. The lowest BCUT2D eigenvalue weighted by Gasteiger charge is -2.25. The van der Waals surface area contributed by atoms with Crippen LogP contribution >= 0.6 is 11.6 Å². The molecule has 0 aliphatic carbocycles. The molecule has 0 saturated heterocycles. The molecule has 0 aliphatic heterocycles. The molecule has 0 spiro atoms. The van der Waals surface area contributed by atoms with Gasteiger partial charge in [-0.05, 0) is 32.3 Å². The summed E-state index contributed by atoms with van der Waals surface area (Å²) >= 11 is 6.42. The first-order valence-electron chi connectivity index (χ1n) is 11.1. The van der Waals surface area contributed by atoms with E-state index in [-0.39, 0.29) is 11.9 Å². The predicted molar refractivity (Wildman–Crippen MR) is 140 cm³/mol. The van der Waals surface area contributed by atoms with Gasteiger partial charge in [-0.3, -0.25) is 4.79 Å². The van der Waals surface area contributed by atoms with E-state index in [1.54, 1.807) is 18.0 Å². The molecule has 0 atom stereocenters. The van der Waals surface area contributed by atoms with E-state index in [0.29, 0.717) is 34.3 Å². The van der Waals surface area contributed by atoms with Gasteiger partial charge in [-0.15, -0.1) is 0 Å². The van der Waals surface area contributed by atoms with E-state index in [0.717, 1.165) is 23.0 Å². The highest BCUT2D eigenvalue weighted by Crippen LogP contribution is 2.35. The van der Waals surface area contributed by atoms with Crippen LogP contribution in [0.4, 0.5) is 27.4 Å². The van der Waals surface area contributed by atoms with Crippen molar-refractivity contribution in [3.63, 3.8) is 0 Å². The molecule has 4 rings (SSSR count). The van der Waals surface area contributed by atoms with Crippen LogP contribution in [-0.4, -0.2) is 60.0 Å². The number of aromatic nitrogens is 3. The molecule has 2 aromatic carbocycles. The van der Waals surface area contributed by atoms with Crippen LogP contribution in [0, 0.1) is 5.82 Å². The first-order chi connectivity index (χ1) is 16.7. The number of anilines is 4. The summed E-state index contributed by atoms with van der Waals surface area (Å²) in [6, 6.07) is 10.9. The van der Waals surface area contributed by atoms with Crippen molar-refractivity contribution in [1.29, 1.82) is 0 Å². The van der Waals surface area contributed by atoms with Crippen LogP contribution in [0.2, 0.25) is 5.02 Å². The summed E-state index contributed by atoms with van der Waals surface area (Å²) in [5, 5.41) is 7.14. The quantitative estimate of drug-likeness (QED) is 0.314. The van der Waals surface area contributed by atoms with E-state index in [9.17, 15) is 4.79 Å².